The highest BCUT2D eigenvalue weighted by Gasteiger charge is 2.24. The number of hydrogen-bond acceptors (Lipinski definition) is 4. The van der Waals surface area contributed by atoms with Gasteiger partial charge in [0.25, 0.3) is 10.0 Å². The smallest absolute Gasteiger partial charge is 0.260 e. The van der Waals surface area contributed by atoms with Crippen molar-refractivity contribution in [1.82, 2.24) is 9.71 Å². The van der Waals surface area contributed by atoms with Crippen LogP contribution < -0.4 is 10.0 Å². The first-order chi connectivity index (χ1) is 9.82. The molecule has 120 valence electrons. The van der Waals surface area contributed by atoms with E-state index in [0.29, 0.717) is 12.2 Å². The largest absolute Gasteiger partial charge is 0.386 e. The third kappa shape index (κ3) is 5.63. The second kappa shape index (κ2) is 7.75. The molecule has 0 unspecified atom stereocenters. The number of anilines is 1. The van der Waals surface area contributed by atoms with Crippen LogP contribution >= 0.6 is 0 Å². The first-order valence-electron chi connectivity index (χ1n) is 7.45. The monoisotopic (exact) mass is 313 g/mol. The number of sulfonamides is 1. The molecule has 0 aromatic carbocycles. The molecule has 0 aliphatic heterocycles. The van der Waals surface area contributed by atoms with Crippen molar-refractivity contribution in [3.8, 4) is 0 Å². The molecule has 0 saturated carbocycles. The lowest BCUT2D eigenvalue weighted by Crippen LogP contribution is -2.34. The number of nitrogens with zero attached hydrogens (tertiary/aromatic N) is 1. The van der Waals surface area contributed by atoms with Crippen molar-refractivity contribution in [3.63, 3.8) is 0 Å². The maximum absolute atomic E-state index is 12.4. The standard InChI is InChI=1S/C15H27N3O2S/c1-5-6-7-10-15(2,3)12-18-21(19,20)14-13(16-4)9-8-11-17-14/h8-9,11,16,18H,5-7,10,12H2,1-4H3. The molecule has 1 rings (SSSR count). The van der Waals surface area contributed by atoms with Crippen LogP contribution in [0.4, 0.5) is 5.69 Å². The summed E-state index contributed by atoms with van der Waals surface area (Å²) < 4.78 is 27.4. The van der Waals surface area contributed by atoms with Crippen LogP contribution in [0.15, 0.2) is 23.4 Å². The van der Waals surface area contributed by atoms with Crippen LogP contribution in [-0.2, 0) is 10.0 Å². The van der Waals surface area contributed by atoms with E-state index in [4.69, 9.17) is 0 Å². The molecule has 0 spiro atoms. The predicted octanol–water partition coefficient (Wildman–Crippen LogP) is 3.01. The van der Waals surface area contributed by atoms with Crippen molar-refractivity contribution in [2.45, 2.75) is 51.5 Å². The lowest BCUT2D eigenvalue weighted by atomic mass is 9.87. The van der Waals surface area contributed by atoms with Crippen LogP contribution in [0, 0.1) is 5.41 Å². The molecule has 1 aromatic rings. The maximum atomic E-state index is 12.4. The average molecular weight is 313 g/mol. The second-order valence-corrected chi connectivity index (χ2v) is 7.73. The molecule has 6 heteroatoms. The van der Waals surface area contributed by atoms with Crippen LogP contribution in [0.5, 0.6) is 0 Å². The number of aromatic nitrogens is 1. The Morgan fingerprint density at radius 3 is 2.62 bits per heavy atom. The molecule has 0 aliphatic carbocycles. The van der Waals surface area contributed by atoms with E-state index in [-0.39, 0.29) is 10.4 Å². The summed E-state index contributed by atoms with van der Waals surface area (Å²) in [6.07, 6.45) is 5.96. The van der Waals surface area contributed by atoms with E-state index in [1.54, 1.807) is 19.2 Å². The molecule has 2 N–H and O–H groups in total. The van der Waals surface area contributed by atoms with Crippen LogP contribution in [0.3, 0.4) is 0 Å². The van der Waals surface area contributed by atoms with E-state index >= 15 is 0 Å². The molecule has 1 heterocycles. The fraction of sp³-hybridized carbons (Fsp3) is 0.667. The summed E-state index contributed by atoms with van der Waals surface area (Å²) in [4.78, 5) is 3.98. The Kier molecular flexibility index (Phi) is 6.61. The van der Waals surface area contributed by atoms with Crippen LogP contribution in [0.2, 0.25) is 0 Å². The number of hydrogen-bond donors (Lipinski definition) is 2. The van der Waals surface area contributed by atoms with Gasteiger partial charge in [-0.15, -0.1) is 0 Å². The van der Waals surface area contributed by atoms with Gasteiger partial charge in [-0.05, 0) is 24.0 Å². The highest BCUT2D eigenvalue weighted by molar-refractivity contribution is 7.89. The lowest BCUT2D eigenvalue weighted by Gasteiger charge is -2.25. The van der Waals surface area contributed by atoms with E-state index in [1.165, 1.54) is 19.0 Å². The Morgan fingerprint density at radius 2 is 2.00 bits per heavy atom. The minimum atomic E-state index is -3.59. The van der Waals surface area contributed by atoms with Gasteiger partial charge in [0, 0.05) is 19.8 Å². The van der Waals surface area contributed by atoms with E-state index in [0.717, 1.165) is 12.8 Å². The fourth-order valence-corrected chi connectivity index (χ4v) is 3.47. The van der Waals surface area contributed by atoms with Crippen molar-refractivity contribution in [2.24, 2.45) is 5.41 Å². The van der Waals surface area contributed by atoms with E-state index in [2.05, 4.69) is 35.8 Å². The van der Waals surface area contributed by atoms with Gasteiger partial charge in [0.2, 0.25) is 0 Å². The number of nitrogens with one attached hydrogen (secondary N) is 2. The van der Waals surface area contributed by atoms with Gasteiger partial charge in [-0.3, -0.25) is 0 Å². The Labute approximate surface area is 128 Å². The highest BCUT2D eigenvalue weighted by atomic mass is 32.2. The zero-order valence-electron chi connectivity index (χ0n) is 13.4. The van der Waals surface area contributed by atoms with Crippen molar-refractivity contribution >= 4 is 15.7 Å². The Balaban J connectivity index is 2.72. The first-order valence-corrected chi connectivity index (χ1v) is 8.93. The molecule has 0 aliphatic rings. The maximum Gasteiger partial charge on any atom is 0.260 e. The topological polar surface area (TPSA) is 71.1 Å². The summed E-state index contributed by atoms with van der Waals surface area (Å²) in [7, 11) is -1.91. The zero-order chi connectivity index (χ0) is 15.9. The minimum Gasteiger partial charge on any atom is -0.386 e. The number of rotatable bonds is 9. The van der Waals surface area contributed by atoms with Gasteiger partial charge in [-0.25, -0.2) is 18.1 Å². The first kappa shape index (κ1) is 17.9. The molecule has 0 radical (unpaired) electrons. The molecule has 5 nitrogen and oxygen atoms in total. The Morgan fingerprint density at radius 1 is 1.29 bits per heavy atom. The van der Waals surface area contributed by atoms with Crippen LogP contribution in [0.25, 0.3) is 0 Å². The van der Waals surface area contributed by atoms with E-state index in [9.17, 15) is 8.42 Å². The van der Waals surface area contributed by atoms with E-state index in [1.807, 2.05) is 0 Å². The molecule has 0 amide bonds. The quantitative estimate of drug-likeness (QED) is 0.688. The summed E-state index contributed by atoms with van der Waals surface area (Å²) in [6.45, 7) is 6.75. The van der Waals surface area contributed by atoms with Gasteiger partial charge in [0.05, 0.1) is 5.69 Å². The van der Waals surface area contributed by atoms with Gasteiger partial charge >= 0.3 is 0 Å². The molecule has 21 heavy (non-hydrogen) atoms. The van der Waals surface area contributed by atoms with Gasteiger partial charge in [-0.1, -0.05) is 40.0 Å². The van der Waals surface area contributed by atoms with E-state index < -0.39 is 10.0 Å². The lowest BCUT2D eigenvalue weighted by molar-refractivity contribution is 0.320. The normalized spacial score (nSPS) is 12.4. The van der Waals surface area contributed by atoms with Crippen molar-refractivity contribution in [1.29, 1.82) is 0 Å². The SMILES string of the molecule is CCCCCC(C)(C)CNS(=O)(=O)c1ncccc1NC. The second-order valence-electron chi connectivity index (χ2n) is 6.05. The number of pyridine rings is 1. The predicted molar refractivity (Wildman–Crippen MR) is 86.9 cm³/mol. The summed E-state index contributed by atoms with van der Waals surface area (Å²) in [6, 6.07) is 3.41. The van der Waals surface area contributed by atoms with Gasteiger partial charge < -0.3 is 5.32 Å². The summed E-state index contributed by atoms with van der Waals surface area (Å²) >= 11 is 0. The van der Waals surface area contributed by atoms with Gasteiger partial charge in [0.1, 0.15) is 0 Å². The third-order valence-electron chi connectivity index (χ3n) is 3.49. The van der Waals surface area contributed by atoms with Crippen molar-refractivity contribution < 1.29 is 8.42 Å². The molecule has 0 atom stereocenters. The van der Waals surface area contributed by atoms with Crippen LogP contribution in [0.1, 0.15) is 46.5 Å². The van der Waals surface area contributed by atoms with Gasteiger partial charge in [-0.2, -0.15) is 0 Å². The molecule has 0 bridgehead atoms. The summed E-state index contributed by atoms with van der Waals surface area (Å²) in [5, 5.41) is 2.91. The van der Waals surface area contributed by atoms with Gasteiger partial charge in [0.15, 0.2) is 5.03 Å². The highest BCUT2D eigenvalue weighted by Crippen LogP contribution is 2.24. The Hall–Kier alpha value is -1.14. The van der Waals surface area contributed by atoms with Crippen LogP contribution in [-0.4, -0.2) is 27.0 Å². The number of unbranched alkanes of at least 4 members (excludes halogenated alkanes) is 2. The molecule has 0 fully saturated rings. The van der Waals surface area contributed by atoms with Crippen molar-refractivity contribution in [3.05, 3.63) is 18.3 Å². The summed E-state index contributed by atoms with van der Waals surface area (Å²) in [5.41, 5.74) is 0.449. The van der Waals surface area contributed by atoms with Crippen molar-refractivity contribution in [2.75, 3.05) is 18.9 Å². The molecular formula is C15H27N3O2S. The zero-order valence-corrected chi connectivity index (χ0v) is 14.3. The fourth-order valence-electron chi connectivity index (χ4n) is 2.10. The average Bonchev–Trinajstić information content (AvgIpc) is 2.45. The molecule has 0 saturated heterocycles. The molecule has 1 aromatic heterocycles. The Bertz CT molecular complexity index is 542. The minimum absolute atomic E-state index is 0.0526. The third-order valence-corrected chi connectivity index (χ3v) is 4.85. The molecular weight excluding hydrogens is 286 g/mol. The summed E-state index contributed by atoms with van der Waals surface area (Å²) in [5.74, 6) is 0.